The van der Waals surface area contributed by atoms with E-state index in [1.165, 1.54) is 33.6 Å². The Bertz CT molecular complexity index is 1200. The first-order chi connectivity index (χ1) is 13.5. The first-order valence-electron chi connectivity index (χ1n) is 8.54. The standard InChI is InChI=1S/C20H16ClN3O2S2/c1-23(10-14-7-8-17(21)27-14)18(25)11-24-12-22-19-15(20(24)26)9-16(28-19)13-5-3-2-4-6-13/h2-9,12H,10-11H2,1H3. The van der Waals surface area contributed by atoms with Crippen LogP contribution in [0.15, 0.2) is 59.7 Å². The molecule has 0 saturated carbocycles. The fourth-order valence-electron chi connectivity index (χ4n) is 2.84. The van der Waals surface area contributed by atoms with Crippen LogP contribution in [0.3, 0.4) is 0 Å². The Morgan fingerprint density at radius 2 is 1.96 bits per heavy atom. The van der Waals surface area contributed by atoms with Crippen LogP contribution in [0.2, 0.25) is 4.34 Å². The quantitative estimate of drug-likeness (QED) is 0.469. The van der Waals surface area contributed by atoms with Crippen molar-refractivity contribution in [3.63, 3.8) is 0 Å². The zero-order chi connectivity index (χ0) is 19.7. The van der Waals surface area contributed by atoms with E-state index >= 15 is 0 Å². The summed E-state index contributed by atoms with van der Waals surface area (Å²) in [6.07, 6.45) is 1.45. The average molecular weight is 430 g/mol. The molecule has 8 heteroatoms. The van der Waals surface area contributed by atoms with Gasteiger partial charge in [-0.25, -0.2) is 4.98 Å². The van der Waals surface area contributed by atoms with Crippen LogP contribution >= 0.6 is 34.3 Å². The second-order valence-corrected chi connectivity index (χ2v) is 9.16. The number of benzene rings is 1. The summed E-state index contributed by atoms with van der Waals surface area (Å²) in [4.78, 5) is 34.0. The Morgan fingerprint density at radius 3 is 2.68 bits per heavy atom. The first kappa shape index (κ1) is 18.9. The molecule has 0 aliphatic heterocycles. The molecule has 0 atom stereocenters. The zero-order valence-electron chi connectivity index (χ0n) is 15.0. The number of hydrogen-bond donors (Lipinski definition) is 0. The van der Waals surface area contributed by atoms with Gasteiger partial charge >= 0.3 is 0 Å². The van der Waals surface area contributed by atoms with Gasteiger partial charge < -0.3 is 4.90 Å². The van der Waals surface area contributed by atoms with Gasteiger partial charge in [-0.2, -0.15) is 0 Å². The molecule has 142 valence electrons. The lowest BCUT2D eigenvalue weighted by Crippen LogP contribution is -2.33. The van der Waals surface area contributed by atoms with Crippen molar-refractivity contribution in [3.05, 3.63) is 74.4 Å². The largest absolute Gasteiger partial charge is 0.339 e. The fraction of sp³-hybridized carbons (Fsp3) is 0.150. The minimum absolute atomic E-state index is 0.0477. The zero-order valence-corrected chi connectivity index (χ0v) is 17.4. The number of amides is 1. The molecule has 0 spiro atoms. The van der Waals surface area contributed by atoms with E-state index in [4.69, 9.17) is 11.6 Å². The molecule has 0 unspecified atom stereocenters. The predicted molar refractivity (Wildman–Crippen MR) is 115 cm³/mol. The number of nitrogens with zero attached hydrogens (tertiary/aromatic N) is 3. The second-order valence-electron chi connectivity index (χ2n) is 6.33. The fourth-order valence-corrected chi connectivity index (χ4v) is 4.98. The molecule has 5 nitrogen and oxygen atoms in total. The molecule has 1 aromatic carbocycles. The van der Waals surface area contributed by atoms with Crippen molar-refractivity contribution < 1.29 is 4.79 Å². The molecule has 28 heavy (non-hydrogen) atoms. The lowest BCUT2D eigenvalue weighted by Gasteiger charge is -2.16. The predicted octanol–water partition coefficient (Wildman–Crippen LogP) is 4.50. The molecule has 0 fully saturated rings. The van der Waals surface area contributed by atoms with Crippen molar-refractivity contribution >= 4 is 50.4 Å². The molecule has 4 aromatic rings. The Morgan fingerprint density at radius 1 is 1.18 bits per heavy atom. The van der Waals surface area contributed by atoms with Crippen LogP contribution in [0.4, 0.5) is 0 Å². The summed E-state index contributed by atoms with van der Waals surface area (Å²) in [5.41, 5.74) is 0.839. The van der Waals surface area contributed by atoms with Gasteiger partial charge in [0.15, 0.2) is 0 Å². The number of carbonyl (C=O) groups is 1. The number of hydrogen-bond acceptors (Lipinski definition) is 5. The summed E-state index contributed by atoms with van der Waals surface area (Å²) in [7, 11) is 1.71. The molecule has 4 rings (SSSR count). The van der Waals surface area contributed by atoms with Crippen molar-refractivity contribution in [1.82, 2.24) is 14.5 Å². The maximum atomic E-state index is 12.8. The van der Waals surface area contributed by atoms with Gasteiger partial charge in [-0.05, 0) is 23.8 Å². The molecule has 3 heterocycles. The lowest BCUT2D eigenvalue weighted by atomic mass is 10.2. The summed E-state index contributed by atoms with van der Waals surface area (Å²) in [5, 5.41) is 0.534. The molecule has 3 aromatic heterocycles. The minimum Gasteiger partial charge on any atom is -0.339 e. The topological polar surface area (TPSA) is 55.2 Å². The number of likely N-dealkylation sites (N-methyl/N-ethyl adjacent to an activating group) is 1. The number of aromatic nitrogens is 2. The van der Waals surface area contributed by atoms with Gasteiger partial charge in [-0.1, -0.05) is 41.9 Å². The maximum Gasteiger partial charge on any atom is 0.262 e. The van der Waals surface area contributed by atoms with Crippen LogP contribution in [0.1, 0.15) is 4.88 Å². The van der Waals surface area contributed by atoms with Crippen molar-refractivity contribution in [2.24, 2.45) is 0 Å². The van der Waals surface area contributed by atoms with Crippen LogP contribution in [-0.4, -0.2) is 27.4 Å². The van der Waals surface area contributed by atoms with Gasteiger partial charge in [0, 0.05) is 16.8 Å². The molecule has 0 saturated heterocycles. The van der Waals surface area contributed by atoms with Gasteiger partial charge in [0.25, 0.3) is 5.56 Å². The van der Waals surface area contributed by atoms with Crippen LogP contribution < -0.4 is 5.56 Å². The van der Waals surface area contributed by atoms with E-state index in [0.717, 1.165) is 15.3 Å². The summed E-state index contributed by atoms with van der Waals surface area (Å²) < 4.78 is 2.05. The summed E-state index contributed by atoms with van der Waals surface area (Å²) in [5.74, 6) is -0.161. The lowest BCUT2D eigenvalue weighted by molar-refractivity contribution is -0.131. The third-order valence-corrected chi connectivity index (χ3v) is 6.64. The molecular weight excluding hydrogens is 414 g/mol. The van der Waals surface area contributed by atoms with E-state index in [2.05, 4.69) is 4.98 Å². The SMILES string of the molecule is CN(Cc1ccc(Cl)s1)C(=O)Cn1cnc2sc(-c3ccccc3)cc2c1=O. The second kappa shape index (κ2) is 7.87. The van der Waals surface area contributed by atoms with Crippen molar-refractivity contribution in [1.29, 1.82) is 0 Å². The van der Waals surface area contributed by atoms with E-state index in [9.17, 15) is 9.59 Å². The highest BCUT2D eigenvalue weighted by molar-refractivity contribution is 7.21. The normalized spacial score (nSPS) is 11.1. The maximum absolute atomic E-state index is 12.8. The number of halogens is 1. The Hall–Kier alpha value is -2.48. The molecule has 1 amide bonds. The summed E-state index contributed by atoms with van der Waals surface area (Å²) >= 11 is 8.85. The monoisotopic (exact) mass is 429 g/mol. The minimum atomic E-state index is -0.204. The highest BCUT2D eigenvalue weighted by atomic mass is 35.5. The Balaban J connectivity index is 1.56. The van der Waals surface area contributed by atoms with E-state index in [1.54, 1.807) is 11.9 Å². The van der Waals surface area contributed by atoms with E-state index in [0.29, 0.717) is 21.1 Å². The highest BCUT2D eigenvalue weighted by Crippen LogP contribution is 2.30. The molecule has 0 bridgehead atoms. The molecule has 0 radical (unpaired) electrons. The Kier molecular flexibility index (Phi) is 5.30. The van der Waals surface area contributed by atoms with E-state index in [-0.39, 0.29) is 18.0 Å². The number of carbonyl (C=O) groups excluding carboxylic acids is 1. The Labute approximate surface area is 174 Å². The smallest absolute Gasteiger partial charge is 0.262 e. The number of thiophene rings is 2. The molecule has 0 N–H and O–H groups in total. The van der Waals surface area contributed by atoms with Gasteiger partial charge in [-0.3, -0.25) is 14.2 Å². The van der Waals surface area contributed by atoms with Gasteiger partial charge in [0.1, 0.15) is 11.4 Å². The summed E-state index contributed by atoms with van der Waals surface area (Å²) in [6.45, 7) is 0.408. The van der Waals surface area contributed by atoms with Crippen LogP contribution in [0.5, 0.6) is 0 Å². The third kappa shape index (κ3) is 3.87. The molecular formula is C20H16ClN3O2S2. The molecule has 0 aliphatic rings. The van der Waals surface area contributed by atoms with Gasteiger partial charge in [0.2, 0.25) is 5.91 Å². The summed E-state index contributed by atoms with van der Waals surface area (Å²) in [6, 6.07) is 15.4. The van der Waals surface area contributed by atoms with Crippen LogP contribution in [0.25, 0.3) is 20.7 Å². The number of rotatable bonds is 5. The van der Waals surface area contributed by atoms with Crippen molar-refractivity contribution in [2.45, 2.75) is 13.1 Å². The van der Waals surface area contributed by atoms with Crippen LogP contribution in [0, 0.1) is 0 Å². The van der Waals surface area contributed by atoms with Crippen molar-refractivity contribution in [2.75, 3.05) is 7.05 Å². The highest BCUT2D eigenvalue weighted by Gasteiger charge is 2.15. The first-order valence-corrected chi connectivity index (χ1v) is 10.5. The van der Waals surface area contributed by atoms with E-state index in [1.807, 2.05) is 48.5 Å². The van der Waals surface area contributed by atoms with Crippen molar-refractivity contribution in [3.8, 4) is 10.4 Å². The van der Waals surface area contributed by atoms with Crippen LogP contribution in [-0.2, 0) is 17.9 Å². The average Bonchev–Trinajstić information content (AvgIpc) is 3.31. The third-order valence-electron chi connectivity index (χ3n) is 4.33. The molecule has 0 aliphatic carbocycles. The number of fused-ring (bicyclic) bond motifs is 1. The van der Waals surface area contributed by atoms with E-state index < -0.39 is 0 Å². The van der Waals surface area contributed by atoms with Gasteiger partial charge in [0.05, 0.1) is 22.6 Å². The van der Waals surface area contributed by atoms with Gasteiger partial charge in [-0.15, -0.1) is 22.7 Å².